The lowest BCUT2D eigenvalue weighted by molar-refractivity contribution is -0.119. The van der Waals surface area contributed by atoms with Crippen LogP contribution in [0.1, 0.15) is 5.56 Å². The SMILES string of the molecule is CS(=O)(=O)N(CC(=O)NCCc1ccc(F)cc1)c1ccc(I)cc1. The van der Waals surface area contributed by atoms with Crippen LogP contribution in [0.25, 0.3) is 0 Å². The molecule has 0 radical (unpaired) electrons. The number of sulfonamides is 1. The molecule has 2 rings (SSSR count). The van der Waals surface area contributed by atoms with Gasteiger partial charge in [0, 0.05) is 10.1 Å². The van der Waals surface area contributed by atoms with Crippen molar-refractivity contribution in [1.29, 1.82) is 0 Å². The first-order valence-electron chi connectivity index (χ1n) is 7.50. The highest BCUT2D eigenvalue weighted by Gasteiger charge is 2.20. The van der Waals surface area contributed by atoms with Crippen molar-refractivity contribution in [2.24, 2.45) is 0 Å². The van der Waals surface area contributed by atoms with Crippen LogP contribution in [0.3, 0.4) is 0 Å². The fraction of sp³-hybridized carbons (Fsp3) is 0.235. The second-order valence-corrected chi connectivity index (χ2v) is 8.62. The summed E-state index contributed by atoms with van der Waals surface area (Å²) in [7, 11) is -3.58. The van der Waals surface area contributed by atoms with Crippen molar-refractivity contribution in [3.05, 3.63) is 63.5 Å². The second-order valence-electron chi connectivity index (χ2n) is 5.47. The molecule has 0 aromatic heterocycles. The number of benzene rings is 2. The number of hydrogen-bond donors (Lipinski definition) is 1. The van der Waals surface area contributed by atoms with Gasteiger partial charge in [-0.15, -0.1) is 0 Å². The van der Waals surface area contributed by atoms with Gasteiger partial charge < -0.3 is 5.32 Å². The monoisotopic (exact) mass is 476 g/mol. The third-order valence-electron chi connectivity index (χ3n) is 3.45. The Labute approximate surface area is 160 Å². The fourth-order valence-electron chi connectivity index (χ4n) is 2.19. The van der Waals surface area contributed by atoms with Crippen molar-refractivity contribution in [1.82, 2.24) is 5.32 Å². The first-order valence-corrected chi connectivity index (χ1v) is 10.4. The Morgan fingerprint density at radius 1 is 1.12 bits per heavy atom. The average Bonchev–Trinajstić information content (AvgIpc) is 2.54. The zero-order valence-electron chi connectivity index (χ0n) is 13.6. The number of carbonyl (C=O) groups excluding carboxylic acids is 1. The van der Waals surface area contributed by atoms with Crippen LogP contribution >= 0.6 is 22.6 Å². The van der Waals surface area contributed by atoms with Gasteiger partial charge in [-0.2, -0.15) is 0 Å². The summed E-state index contributed by atoms with van der Waals surface area (Å²) in [5, 5.41) is 2.69. The van der Waals surface area contributed by atoms with Crippen LogP contribution in [0, 0.1) is 9.39 Å². The predicted octanol–water partition coefficient (Wildman–Crippen LogP) is 2.56. The Morgan fingerprint density at radius 2 is 1.72 bits per heavy atom. The topological polar surface area (TPSA) is 66.5 Å². The highest BCUT2D eigenvalue weighted by atomic mass is 127. The van der Waals surface area contributed by atoms with E-state index in [1.165, 1.54) is 12.1 Å². The van der Waals surface area contributed by atoms with Gasteiger partial charge in [-0.25, -0.2) is 12.8 Å². The molecule has 0 saturated carbocycles. The third-order valence-corrected chi connectivity index (χ3v) is 5.31. The minimum atomic E-state index is -3.58. The molecule has 2 aromatic carbocycles. The lowest BCUT2D eigenvalue weighted by Gasteiger charge is -2.22. The highest BCUT2D eigenvalue weighted by Crippen LogP contribution is 2.18. The summed E-state index contributed by atoms with van der Waals surface area (Å²) in [5.74, 6) is -0.708. The summed E-state index contributed by atoms with van der Waals surface area (Å²) in [5.41, 5.74) is 1.33. The van der Waals surface area contributed by atoms with Crippen LogP contribution < -0.4 is 9.62 Å². The van der Waals surface area contributed by atoms with Gasteiger partial charge in [-0.1, -0.05) is 12.1 Å². The molecule has 0 bridgehead atoms. The van der Waals surface area contributed by atoms with Crippen LogP contribution in [0.2, 0.25) is 0 Å². The fourth-order valence-corrected chi connectivity index (χ4v) is 3.41. The number of nitrogens with one attached hydrogen (secondary N) is 1. The number of carbonyl (C=O) groups is 1. The van der Waals surface area contributed by atoms with Gasteiger partial charge in [0.1, 0.15) is 12.4 Å². The zero-order valence-corrected chi connectivity index (χ0v) is 16.6. The van der Waals surface area contributed by atoms with E-state index in [9.17, 15) is 17.6 Å². The highest BCUT2D eigenvalue weighted by molar-refractivity contribution is 14.1. The Morgan fingerprint density at radius 3 is 2.28 bits per heavy atom. The first-order chi connectivity index (χ1) is 11.8. The van der Waals surface area contributed by atoms with Gasteiger partial charge in [0.05, 0.1) is 11.9 Å². The summed E-state index contributed by atoms with van der Waals surface area (Å²) in [4.78, 5) is 12.1. The van der Waals surface area contributed by atoms with Crippen molar-refractivity contribution >= 4 is 44.2 Å². The molecule has 0 aliphatic rings. The van der Waals surface area contributed by atoms with E-state index in [2.05, 4.69) is 27.9 Å². The lowest BCUT2D eigenvalue weighted by atomic mass is 10.1. The average molecular weight is 476 g/mol. The van der Waals surface area contributed by atoms with E-state index in [0.29, 0.717) is 18.7 Å². The normalized spacial score (nSPS) is 11.2. The predicted molar refractivity (Wildman–Crippen MR) is 104 cm³/mol. The van der Waals surface area contributed by atoms with Crippen LogP contribution in [0.15, 0.2) is 48.5 Å². The standard InChI is InChI=1S/C17H18FIN2O3S/c1-25(23,24)21(16-8-6-15(19)7-9-16)12-17(22)20-11-10-13-2-4-14(18)5-3-13/h2-9H,10-12H2,1H3,(H,20,22). The Kier molecular flexibility index (Phi) is 6.77. The second kappa shape index (κ2) is 8.61. The summed E-state index contributed by atoms with van der Waals surface area (Å²) in [6.07, 6.45) is 1.60. The van der Waals surface area contributed by atoms with Gasteiger partial charge in [-0.3, -0.25) is 9.10 Å². The number of rotatable bonds is 7. The molecular weight excluding hydrogens is 458 g/mol. The van der Waals surface area contributed by atoms with Crippen LogP contribution in [-0.4, -0.2) is 33.7 Å². The van der Waals surface area contributed by atoms with Crippen LogP contribution in [-0.2, 0) is 21.2 Å². The number of hydrogen-bond acceptors (Lipinski definition) is 3. The van der Waals surface area contributed by atoms with Crippen molar-refractivity contribution in [3.8, 4) is 0 Å². The van der Waals surface area contributed by atoms with Gasteiger partial charge in [0.15, 0.2) is 0 Å². The van der Waals surface area contributed by atoms with Crippen molar-refractivity contribution in [2.75, 3.05) is 23.7 Å². The van der Waals surface area contributed by atoms with E-state index < -0.39 is 15.9 Å². The molecule has 2 aromatic rings. The Bertz CT molecular complexity index is 824. The summed E-state index contributed by atoms with van der Waals surface area (Å²) in [6.45, 7) is 0.0532. The Balaban J connectivity index is 1.95. The molecule has 0 atom stereocenters. The molecule has 0 saturated heterocycles. The quantitative estimate of drug-likeness (QED) is 0.625. The molecule has 0 heterocycles. The summed E-state index contributed by atoms with van der Waals surface area (Å²) >= 11 is 2.12. The molecular formula is C17H18FIN2O3S. The van der Waals surface area contributed by atoms with Gasteiger partial charge in [-0.05, 0) is 71.0 Å². The maximum atomic E-state index is 12.8. The largest absolute Gasteiger partial charge is 0.354 e. The molecule has 0 aliphatic carbocycles. The smallest absolute Gasteiger partial charge is 0.240 e. The number of nitrogens with zero attached hydrogens (tertiary/aromatic N) is 1. The van der Waals surface area contributed by atoms with E-state index >= 15 is 0 Å². The molecule has 1 amide bonds. The minimum absolute atomic E-state index is 0.289. The molecule has 5 nitrogen and oxygen atoms in total. The number of halogens is 2. The molecule has 0 unspecified atom stereocenters. The molecule has 1 N–H and O–H groups in total. The molecule has 25 heavy (non-hydrogen) atoms. The van der Waals surface area contributed by atoms with Gasteiger partial charge in [0.2, 0.25) is 15.9 Å². The maximum absolute atomic E-state index is 12.8. The van der Waals surface area contributed by atoms with E-state index in [4.69, 9.17) is 0 Å². The number of amides is 1. The molecule has 0 spiro atoms. The number of anilines is 1. The third kappa shape index (κ3) is 6.28. The molecule has 8 heteroatoms. The summed E-state index contributed by atoms with van der Waals surface area (Å²) in [6, 6.07) is 12.9. The van der Waals surface area contributed by atoms with E-state index in [-0.39, 0.29) is 12.4 Å². The first kappa shape index (κ1) is 19.6. The minimum Gasteiger partial charge on any atom is -0.354 e. The van der Waals surface area contributed by atoms with Gasteiger partial charge >= 0.3 is 0 Å². The maximum Gasteiger partial charge on any atom is 0.240 e. The molecule has 0 fully saturated rings. The van der Waals surface area contributed by atoms with Crippen molar-refractivity contribution in [3.63, 3.8) is 0 Å². The van der Waals surface area contributed by atoms with Crippen molar-refractivity contribution < 1.29 is 17.6 Å². The van der Waals surface area contributed by atoms with E-state index in [1.807, 2.05) is 0 Å². The van der Waals surface area contributed by atoms with E-state index in [0.717, 1.165) is 19.7 Å². The molecule has 0 aliphatic heterocycles. The van der Waals surface area contributed by atoms with Crippen molar-refractivity contribution in [2.45, 2.75) is 6.42 Å². The summed E-state index contributed by atoms with van der Waals surface area (Å²) < 4.78 is 38.9. The lowest BCUT2D eigenvalue weighted by Crippen LogP contribution is -2.40. The van der Waals surface area contributed by atoms with Crippen LogP contribution in [0.5, 0.6) is 0 Å². The zero-order chi connectivity index (χ0) is 18.4. The molecule has 134 valence electrons. The van der Waals surface area contributed by atoms with E-state index in [1.54, 1.807) is 36.4 Å². The van der Waals surface area contributed by atoms with Crippen LogP contribution in [0.4, 0.5) is 10.1 Å². The van der Waals surface area contributed by atoms with Gasteiger partial charge in [0.25, 0.3) is 0 Å². The Hall–Kier alpha value is -1.68.